The van der Waals surface area contributed by atoms with Crippen molar-refractivity contribution in [2.75, 3.05) is 5.32 Å². The minimum atomic E-state index is 0.736. The summed E-state index contributed by atoms with van der Waals surface area (Å²) < 4.78 is 3.95. The van der Waals surface area contributed by atoms with Crippen LogP contribution in [0.1, 0.15) is 16.3 Å². The van der Waals surface area contributed by atoms with Crippen LogP contribution < -0.4 is 5.32 Å². The molecule has 0 aromatic carbocycles. The molecule has 6 heteroatoms. The van der Waals surface area contributed by atoms with Gasteiger partial charge < -0.3 is 5.32 Å². The van der Waals surface area contributed by atoms with E-state index in [1.54, 1.807) is 16.0 Å². The number of hydrogen-bond acceptors (Lipinski definition) is 4. The lowest BCUT2D eigenvalue weighted by molar-refractivity contribution is 0.767. The Morgan fingerprint density at radius 1 is 1.39 bits per heavy atom. The number of hydrogen-bond donors (Lipinski definition) is 1. The van der Waals surface area contributed by atoms with E-state index in [2.05, 4.69) is 32.9 Å². The van der Waals surface area contributed by atoms with Crippen LogP contribution in [0.3, 0.4) is 0 Å². The molecule has 0 saturated heterocycles. The fourth-order valence-electron chi connectivity index (χ4n) is 2.01. The van der Waals surface area contributed by atoms with Crippen LogP contribution in [-0.4, -0.2) is 19.2 Å². The first-order valence-corrected chi connectivity index (χ1v) is 6.62. The zero-order chi connectivity index (χ0) is 12.7. The number of nitrogens with one attached hydrogen (secondary N) is 1. The molecule has 5 nitrogen and oxygen atoms in total. The lowest BCUT2D eigenvalue weighted by Crippen LogP contribution is -2.04. The van der Waals surface area contributed by atoms with Gasteiger partial charge in [-0.3, -0.25) is 9.08 Å². The molecular formula is C12H15N5S. The van der Waals surface area contributed by atoms with Crippen LogP contribution in [0.25, 0.3) is 4.96 Å². The van der Waals surface area contributed by atoms with Crippen LogP contribution in [-0.2, 0) is 13.6 Å². The smallest absolute Gasteiger partial charge is 0.194 e. The normalized spacial score (nSPS) is 11.3. The fourth-order valence-corrected chi connectivity index (χ4v) is 2.90. The van der Waals surface area contributed by atoms with Crippen LogP contribution in [0.15, 0.2) is 18.5 Å². The highest BCUT2D eigenvalue weighted by atomic mass is 32.1. The van der Waals surface area contributed by atoms with Crippen molar-refractivity contribution in [1.29, 1.82) is 0 Å². The largest absolute Gasteiger partial charge is 0.363 e. The van der Waals surface area contributed by atoms with Gasteiger partial charge in [0.25, 0.3) is 0 Å². The van der Waals surface area contributed by atoms with E-state index in [9.17, 15) is 0 Å². The Morgan fingerprint density at radius 2 is 2.22 bits per heavy atom. The molecule has 0 aliphatic heterocycles. The minimum absolute atomic E-state index is 0.736. The number of aromatic nitrogens is 4. The Kier molecular flexibility index (Phi) is 2.59. The summed E-state index contributed by atoms with van der Waals surface area (Å²) in [4.78, 5) is 6.90. The highest BCUT2D eigenvalue weighted by molar-refractivity contribution is 7.17. The molecule has 0 unspecified atom stereocenters. The number of aryl methyl sites for hydroxylation is 3. The van der Waals surface area contributed by atoms with Gasteiger partial charge in [0.2, 0.25) is 0 Å². The van der Waals surface area contributed by atoms with Crippen molar-refractivity contribution in [3.63, 3.8) is 0 Å². The molecule has 0 amide bonds. The zero-order valence-electron chi connectivity index (χ0n) is 10.6. The molecule has 18 heavy (non-hydrogen) atoms. The molecule has 0 fully saturated rings. The summed E-state index contributed by atoms with van der Waals surface area (Å²) in [5.41, 5.74) is 2.27. The van der Waals surface area contributed by atoms with Crippen molar-refractivity contribution in [3.8, 4) is 0 Å². The molecule has 94 valence electrons. The summed E-state index contributed by atoms with van der Waals surface area (Å²) in [6.45, 7) is 4.88. The molecule has 0 atom stereocenters. The van der Waals surface area contributed by atoms with E-state index in [-0.39, 0.29) is 0 Å². The standard InChI is InChI=1S/C12H15N5S/c1-8-7-17-10(9(2)14-12(17)18-8)6-13-11-4-5-16(3)15-11/h4-5,7H,6H2,1-3H3,(H,13,15). The Morgan fingerprint density at radius 3 is 2.94 bits per heavy atom. The van der Waals surface area contributed by atoms with Gasteiger partial charge in [0, 0.05) is 30.4 Å². The molecule has 0 saturated carbocycles. The second kappa shape index (κ2) is 4.13. The van der Waals surface area contributed by atoms with E-state index in [1.165, 1.54) is 10.6 Å². The predicted molar refractivity (Wildman–Crippen MR) is 73.1 cm³/mol. The van der Waals surface area contributed by atoms with Crippen molar-refractivity contribution in [2.45, 2.75) is 20.4 Å². The zero-order valence-corrected chi connectivity index (χ0v) is 11.5. The summed E-state index contributed by atoms with van der Waals surface area (Å²) in [6.07, 6.45) is 4.06. The first-order chi connectivity index (χ1) is 8.63. The van der Waals surface area contributed by atoms with Crippen molar-refractivity contribution in [3.05, 3.63) is 34.7 Å². The van der Waals surface area contributed by atoms with E-state index in [1.807, 2.05) is 26.2 Å². The summed E-state index contributed by atoms with van der Waals surface area (Å²) in [6, 6.07) is 1.96. The van der Waals surface area contributed by atoms with E-state index >= 15 is 0 Å². The quantitative estimate of drug-likeness (QED) is 0.787. The third-order valence-electron chi connectivity index (χ3n) is 2.89. The fraction of sp³-hybridized carbons (Fsp3) is 0.333. The van der Waals surface area contributed by atoms with Gasteiger partial charge in [0.1, 0.15) is 5.82 Å². The number of fused-ring (bicyclic) bond motifs is 1. The highest BCUT2D eigenvalue weighted by Gasteiger charge is 2.10. The Balaban J connectivity index is 1.87. The second-order valence-electron chi connectivity index (χ2n) is 4.37. The maximum Gasteiger partial charge on any atom is 0.194 e. The van der Waals surface area contributed by atoms with E-state index in [0.29, 0.717) is 0 Å². The maximum atomic E-state index is 4.57. The third-order valence-corrected chi connectivity index (χ3v) is 3.79. The number of imidazole rings is 1. The molecule has 3 rings (SSSR count). The first-order valence-electron chi connectivity index (χ1n) is 5.81. The number of anilines is 1. The molecule has 0 radical (unpaired) electrons. The molecule has 0 bridgehead atoms. The number of thiazole rings is 1. The van der Waals surface area contributed by atoms with Gasteiger partial charge in [-0.2, -0.15) is 5.10 Å². The van der Waals surface area contributed by atoms with E-state index in [4.69, 9.17) is 0 Å². The topological polar surface area (TPSA) is 47.1 Å². The van der Waals surface area contributed by atoms with Crippen LogP contribution in [0.5, 0.6) is 0 Å². The predicted octanol–water partition coefficient (Wildman–Crippen LogP) is 2.36. The summed E-state index contributed by atoms with van der Waals surface area (Å²) in [7, 11) is 1.91. The lowest BCUT2D eigenvalue weighted by Gasteiger charge is -2.03. The van der Waals surface area contributed by atoms with Gasteiger partial charge >= 0.3 is 0 Å². The lowest BCUT2D eigenvalue weighted by atomic mass is 10.3. The number of rotatable bonds is 3. The van der Waals surface area contributed by atoms with Gasteiger partial charge in [-0.25, -0.2) is 4.98 Å². The third kappa shape index (κ3) is 1.88. The van der Waals surface area contributed by atoms with Crippen molar-refractivity contribution in [2.24, 2.45) is 7.05 Å². The van der Waals surface area contributed by atoms with Crippen molar-refractivity contribution < 1.29 is 0 Å². The first kappa shape index (κ1) is 11.3. The summed E-state index contributed by atoms with van der Waals surface area (Å²) in [5, 5.41) is 7.63. The van der Waals surface area contributed by atoms with Crippen LogP contribution in [0, 0.1) is 13.8 Å². The Labute approximate surface area is 109 Å². The molecular weight excluding hydrogens is 246 g/mol. The van der Waals surface area contributed by atoms with Crippen LogP contribution >= 0.6 is 11.3 Å². The second-order valence-corrected chi connectivity index (χ2v) is 5.58. The van der Waals surface area contributed by atoms with E-state index < -0.39 is 0 Å². The van der Waals surface area contributed by atoms with Gasteiger partial charge in [-0.1, -0.05) is 0 Å². The maximum absolute atomic E-state index is 4.57. The molecule has 0 spiro atoms. The molecule has 0 aliphatic rings. The Hall–Kier alpha value is -1.82. The van der Waals surface area contributed by atoms with Gasteiger partial charge in [0.05, 0.1) is 17.9 Å². The molecule has 1 N–H and O–H groups in total. The van der Waals surface area contributed by atoms with Crippen LogP contribution in [0.4, 0.5) is 5.82 Å². The average Bonchev–Trinajstić information content (AvgIpc) is 2.92. The van der Waals surface area contributed by atoms with Gasteiger partial charge in [0.15, 0.2) is 4.96 Å². The molecule has 0 aliphatic carbocycles. The van der Waals surface area contributed by atoms with Gasteiger partial charge in [-0.05, 0) is 13.8 Å². The Bertz CT molecular complexity index is 691. The number of nitrogens with zero attached hydrogens (tertiary/aromatic N) is 4. The van der Waals surface area contributed by atoms with Gasteiger partial charge in [-0.15, -0.1) is 11.3 Å². The van der Waals surface area contributed by atoms with Crippen molar-refractivity contribution in [1.82, 2.24) is 19.2 Å². The van der Waals surface area contributed by atoms with E-state index in [0.717, 1.165) is 23.0 Å². The molecule has 3 aromatic rings. The minimum Gasteiger partial charge on any atom is -0.363 e. The molecule has 3 heterocycles. The monoisotopic (exact) mass is 261 g/mol. The highest BCUT2D eigenvalue weighted by Crippen LogP contribution is 2.21. The average molecular weight is 261 g/mol. The SMILES string of the molecule is Cc1cn2c(CNc3ccn(C)n3)c(C)nc2s1. The van der Waals surface area contributed by atoms with Crippen LogP contribution in [0.2, 0.25) is 0 Å². The summed E-state index contributed by atoms with van der Waals surface area (Å²) >= 11 is 1.72. The molecule has 3 aromatic heterocycles. The van der Waals surface area contributed by atoms with Crippen molar-refractivity contribution >= 4 is 22.1 Å². The summed E-state index contributed by atoms with van der Waals surface area (Å²) in [5.74, 6) is 0.888.